The summed E-state index contributed by atoms with van der Waals surface area (Å²) in [5.74, 6) is 0.0609. The minimum Gasteiger partial charge on any atom is -0.497 e. The summed E-state index contributed by atoms with van der Waals surface area (Å²) in [6.45, 7) is 5.77. The fourth-order valence-electron chi connectivity index (χ4n) is 2.50. The van der Waals surface area contributed by atoms with Crippen molar-refractivity contribution in [1.82, 2.24) is 0 Å². The van der Waals surface area contributed by atoms with E-state index < -0.39 is 12.1 Å². The number of rotatable bonds is 7. The van der Waals surface area contributed by atoms with Gasteiger partial charge in [-0.25, -0.2) is 4.79 Å². The van der Waals surface area contributed by atoms with Crippen LogP contribution in [0, 0.1) is 0 Å². The van der Waals surface area contributed by atoms with Crippen LogP contribution in [-0.2, 0) is 9.53 Å². The van der Waals surface area contributed by atoms with Gasteiger partial charge in [0.05, 0.1) is 12.7 Å². The molecular weight excluding hydrogens is 330 g/mol. The molecule has 5 nitrogen and oxygen atoms in total. The number of esters is 1. The first-order valence-electron chi connectivity index (χ1n) is 8.71. The van der Waals surface area contributed by atoms with Gasteiger partial charge < -0.3 is 14.8 Å². The Kier molecular flexibility index (Phi) is 6.78. The van der Waals surface area contributed by atoms with Crippen LogP contribution in [0.4, 0.5) is 5.69 Å². The normalized spacial score (nSPS) is 12.8. The van der Waals surface area contributed by atoms with Crippen molar-refractivity contribution in [3.63, 3.8) is 0 Å². The van der Waals surface area contributed by atoms with Gasteiger partial charge >= 0.3 is 5.97 Å². The van der Waals surface area contributed by atoms with E-state index in [0.29, 0.717) is 17.2 Å². The van der Waals surface area contributed by atoms with E-state index in [1.54, 1.807) is 38.3 Å². The topological polar surface area (TPSA) is 64.6 Å². The highest BCUT2D eigenvalue weighted by Gasteiger charge is 2.20. The SMILES string of the molecule is CC[C@@H](C)c1ccccc1NC(=O)[C@H](C)OC(=O)c1ccc(OC)cc1. The number of carbonyl (C=O) groups excluding carboxylic acids is 2. The van der Waals surface area contributed by atoms with Gasteiger partial charge in [-0.05, 0) is 55.2 Å². The molecule has 0 heterocycles. The molecule has 5 heteroatoms. The second-order valence-electron chi connectivity index (χ2n) is 6.16. The molecule has 0 saturated heterocycles. The fourth-order valence-corrected chi connectivity index (χ4v) is 2.50. The van der Waals surface area contributed by atoms with E-state index in [0.717, 1.165) is 17.7 Å². The summed E-state index contributed by atoms with van der Waals surface area (Å²) >= 11 is 0. The van der Waals surface area contributed by atoms with E-state index in [9.17, 15) is 9.59 Å². The summed E-state index contributed by atoms with van der Waals surface area (Å²) in [5.41, 5.74) is 2.18. The summed E-state index contributed by atoms with van der Waals surface area (Å²) < 4.78 is 10.3. The molecule has 2 rings (SSSR count). The minimum absolute atomic E-state index is 0.323. The summed E-state index contributed by atoms with van der Waals surface area (Å²) in [6.07, 6.45) is 0.0594. The first-order valence-corrected chi connectivity index (χ1v) is 8.71. The molecule has 2 atom stereocenters. The van der Waals surface area contributed by atoms with Crippen LogP contribution >= 0.6 is 0 Å². The van der Waals surface area contributed by atoms with Gasteiger partial charge in [0.2, 0.25) is 0 Å². The molecule has 138 valence electrons. The maximum absolute atomic E-state index is 12.4. The lowest BCUT2D eigenvalue weighted by atomic mass is 9.97. The summed E-state index contributed by atoms with van der Waals surface area (Å²) in [7, 11) is 1.55. The molecule has 1 amide bonds. The number of hydrogen-bond acceptors (Lipinski definition) is 4. The van der Waals surface area contributed by atoms with Crippen LogP contribution in [0.5, 0.6) is 5.75 Å². The van der Waals surface area contributed by atoms with Gasteiger partial charge in [-0.15, -0.1) is 0 Å². The van der Waals surface area contributed by atoms with Crippen molar-refractivity contribution in [3.05, 3.63) is 59.7 Å². The Morgan fingerprint density at radius 1 is 1.04 bits per heavy atom. The third-order valence-corrected chi connectivity index (χ3v) is 4.34. The third-order valence-electron chi connectivity index (χ3n) is 4.34. The van der Waals surface area contributed by atoms with Gasteiger partial charge in [0, 0.05) is 5.69 Å². The number of nitrogens with one attached hydrogen (secondary N) is 1. The van der Waals surface area contributed by atoms with Crippen LogP contribution < -0.4 is 10.1 Å². The van der Waals surface area contributed by atoms with Crippen LogP contribution in [0.25, 0.3) is 0 Å². The standard InChI is InChI=1S/C21H25NO4/c1-5-14(2)18-8-6-7-9-19(18)22-20(23)15(3)26-21(24)16-10-12-17(25-4)13-11-16/h6-15H,5H2,1-4H3,(H,22,23)/t14-,15+/m1/s1. The maximum Gasteiger partial charge on any atom is 0.338 e. The molecule has 0 radical (unpaired) electrons. The molecule has 0 aliphatic carbocycles. The van der Waals surface area contributed by atoms with Crippen LogP contribution in [0.1, 0.15) is 49.0 Å². The predicted molar refractivity (Wildman–Crippen MR) is 102 cm³/mol. The first kappa shape index (κ1) is 19.5. The highest BCUT2D eigenvalue weighted by molar-refractivity contribution is 5.97. The Balaban J connectivity index is 2.02. The number of carbonyl (C=O) groups is 2. The lowest BCUT2D eigenvalue weighted by Gasteiger charge is -2.18. The van der Waals surface area contributed by atoms with E-state index in [4.69, 9.17) is 9.47 Å². The smallest absolute Gasteiger partial charge is 0.338 e. The van der Waals surface area contributed by atoms with Crippen LogP contribution in [0.2, 0.25) is 0 Å². The van der Waals surface area contributed by atoms with Crippen LogP contribution in [-0.4, -0.2) is 25.1 Å². The van der Waals surface area contributed by atoms with E-state index in [1.807, 2.05) is 24.3 Å². The summed E-state index contributed by atoms with van der Waals surface area (Å²) in [6, 6.07) is 14.2. The maximum atomic E-state index is 12.4. The largest absolute Gasteiger partial charge is 0.497 e. The zero-order chi connectivity index (χ0) is 19.1. The summed E-state index contributed by atoms with van der Waals surface area (Å²) in [5, 5.41) is 2.86. The summed E-state index contributed by atoms with van der Waals surface area (Å²) in [4.78, 5) is 24.6. The number of anilines is 1. The molecular formula is C21H25NO4. The van der Waals surface area contributed by atoms with Crippen molar-refractivity contribution in [2.45, 2.75) is 39.2 Å². The van der Waals surface area contributed by atoms with Gasteiger partial charge in [0.25, 0.3) is 5.91 Å². The number of benzene rings is 2. The van der Waals surface area contributed by atoms with Crippen LogP contribution in [0.15, 0.2) is 48.5 Å². The Morgan fingerprint density at radius 3 is 2.31 bits per heavy atom. The van der Waals surface area contributed by atoms with Crippen molar-refractivity contribution in [2.75, 3.05) is 12.4 Å². The van der Waals surface area contributed by atoms with E-state index in [1.165, 1.54) is 0 Å². The number of methoxy groups -OCH3 is 1. The number of hydrogen-bond donors (Lipinski definition) is 1. The Labute approximate surface area is 154 Å². The Hall–Kier alpha value is -2.82. The van der Waals surface area contributed by atoms with Gasteiger partial charge in [0.15, 0.2) is 6.10 Å². The molecule has 0 bridgehead atoms. The molecule has 26 heavy (non-hydrogen) atoms. The van der Waals surface area contributed by atoms with Crippen molar-refractivity contribution in [2.24, 2.45) is 0 Å². The molecule has 0 fully saturated rings. The predicted octanol–water partition coefficient (Wildman–Crippen LogP) is 4.39. The van der Waals surface area contributed by atoms with E-state index in [-0.39, 0.29) is 5.91 Å². The monoisotopic (exact) mass is 355 g/mol. The first-order chi connectivity index (χ1) is 12.5. The number of ether oxygens (including phenoxy) is 2. The highest BCUT2D eigenvalue weighted by atomic mass is 16.5. The highest BCUT2D eigenvalue weighted by Crippen LogP contribution is 2.26. The van der Waals surface area contributed by atoms with E-state index >= 15 is 0 Å². The fraction of sp³-hybridized carbons (Fsp3) is 0.333. The zero-order valence-corrected chi connectivity index (χ0v) is 15.6. The van der Waals surface area contributed by atoms with Gasteiger partial charge in [-0.3, -0.25) is 4.79 Å². The number of para-hydroxylation sites is 1. The number of amides is 1. The Bertz CT molecular complexity index is 755. The molecule has 0 spiro atoms. The minimum atomic E-state index is -0.908. The molecule has 0 aromatic heterocycles. The van der Waals surface area contributed by atoms with Gasteiger partial charge in [-0.1, -0.05) is 32.0 Å². The van der Waals surface area contributed by atoms with Crippen LogP contribution in [0.3, 0.4) is 0 Å². The molecule has 1 N–H and O–H groups in total. The second-order valence-corrected chi connectivity index (χ2v) is 6.16. The average Bonchev–Trinajstić information content (AvgIpc) is 2.67. The molecule has 0 aliphatic rings. The molecule has 0 unspecified atom stereocenters. The molecule has 0 saturated carbocycles. The Morgan fingerprint density at radius 2 is 1.69 bits per heavy atom. The average molecular weight is 355 g/mol. The lowest BCUT2D eigenvalue weighted by molar-refractivity contribution is -0.123. The van der Waals surface area contributed by atoms with Crippen molar-refractivity contribution >= 4 is 17.6 Å². The van der Waals surface area contributed by atoms with E-state index in [2.05, 4.69) is 19.2 Å². The quantitative estimate of drug-likeness (QED) is 0.748. The van der Waals surface area contributed by atoms with Crippen molar-refractivity contribution in [1.29, 1.82) is 0 Å². The van der Waals surface area contributed by atoms with Gasteiger partial charge in [0.1, 0.15) is 5.75 Å². The zero-order valence-electron chi connectivity index (χ0n) is 15.6. The lowest BCUT2D eigenvalue weighted by Crippen LogP contribution is -2.30. The van der Waals surface area contributed by atoms with Gasteiger partial charge in [-0.2, -0.15) is 0 Å². The molecule has 2 aromatic rings. The third kappa shape index (κ3) is 4.85. The molecule has 2 aromatic carbocycles. The van der Waals surface area contributed by atoms with Crippen molar-refractivity contribution in [3.8, 4) is 5.75 Å². The molecule has 0 aliphatic heterocycles. The second kappa shape index (κ2) is 9.04. The van der Waals surface area contributed by atoms with Crippen molar-refractivity contribution < 1.29 is 19.1 Å².